The molecule has 9 heteroatoms. The van der Waals surface area contributed by atoms with Gasteiger partial charge in [-0.15, -0.1) is 0 Å². The summed E-state index contributed by atoms with van der Waals surface area (Å²) in [5.74, 6) is -1.03. The number of unbranched alkanes of at least 4 members (excludes halogenated alkanes) is 1. The summed E-state index contributed by atoms with van der Waals surface area (Å²) in [5, 5.41) is 8.50. The van der Waals surface area contributed by atoms with Gasteiger partial charge in [-0.1, -0.05) is 0 Å². The first-order valence-corrected chi connectivity index (χ1v) is 7.83. The number of hydrogen-bond donors (Lipinski definition) is 2. The SMILES string of the molecule is COCCOCCCCNS(=O)(=O)N(C)CCC(=O)O. The van der Waals surface area contributed by atoms with Crippen LogP contribution >= 0.6 is 0 Å². The molecule has 0 radical (unpaired) electrons. The van der Waals surface area contributed by atoms with Crippen LogP contribution in [0, 0.1) is 0 Å². The minimum atomic E-state index is -3.60. The molecule has 0 aliphatic heterocycles. The summed E-state index contributed by atoms with van der Waals surface area (Å²) in [6.45, 7) is 1.87. The molecule has 0 saturated carbocycles. The van der Waals surface area contributed by atoms with Gasteiger partial charge in [-0.2, -0.15) is 12.7 Å². The molecule has 2 N–H and O–H groups in total. The fourth-order valence-electron chi connectivity index (χ4n) is 1.26. The van der Waals surface area contributed by atoms with Crippen LogP contribution in [0.5, 0.6) is 0 Å². The van der Waals surface area contributed by atoms with E-state index in [1.807, 2.05) is 0 Å². The van der Waals surface area contributed by atoms with Crippen molar-refractivity contribution in [1.82, 2.24) is 9.03 Å². The smallest absolute Gasteiger partial charge is 0.304 e. The molecule has 0 aromatic carbocycles. The number of ether oxygens (including phenoxy) is 2. The number of carboxylic acid groups (broad SMARTS) is 1. The number of carboxylic acids is 1. The zero-order chi connectivity index (χ0) is 15.4. The average Bonchev–Trinajstić information content (AvgIpc) is 2.38. The fourth-order valence-corrected chi connectivity index (χ4v) is 2.21. The van der Waals surface area contributed by atoms with Gasteiger partial charge in [0.15, 0.2) is 0 Å². The minimum absolute atomic E-state index is 0.0508. The van der Waals surface area contributed by atoms with E-state index in [-0.39, 0.29) is 13.0 Å². The number of nitrogens with one attached hydrogen (secondary N) is 1. The maximum absolute atomic E-state index is 11.7. The minimum Gasteiger partial charge on any atom is -0.481 e. The van der Waals surface area contributed by atoms with Crippen molar-refractivity contribution < 1.29 is 27.8 Å². The fraction of sp³-hybridized carbons (Fsp3) is 0.909. The molecule has 0 heterocycles. The van der Waals surface area contributed by atoms with Crippen molar-refractivity contribution in [3.8, 4) is 0 Å². The highest BCUT2D eigenvalue weighted by Gasteiger charge is 2.17. The quantitative estimate of drug-likeness (QED) is 0.451. The number of aliphatic carboxylic acids is 1. The molecule has 0 amide bonds. The lowest BCUT2D eigenvalue weighted by Gasteiger charge is -2.16. The van der Waals surface area contributed by atoms with E-state index in [0.29, 0.717) is 32.8 Å². The number of rotatable bonds is 13. The summed E-state index contributed by atoms with van der Waals surface area (Å²) in [6.07, 6.45) is 1.18. The van der Waals surface area contributed by atoms with E-state index >= 15 is 0 Å². The molecular weight excluding hydrogens is 288 g/mol. The van der Waals surface area contributed by atoms with Crippen LogP contribution in [0.15, 0.2) is 0 Å². The van der Waals surface area contributed by atoms with Crippen molar-refractivity contribution in [2.75, 3.05) is 47.1 Å². The van der Waals surface area contributed by atoms with Crippen LogP contribution in [-0.4, -0.2) is 70.9 Å². The van der Waals surface area contributed by atoms with Gasteiger partial charge < -0.3 is 14.6 Å². The maximum Gasteiger partial charge on any atom is 0.304 e. The van der Waals surface area contributed by atoms with Crippen LogP contribution in [0.4, 0.5) is 0 Å². The number of carbonyl (C=O) groups is 1. The molecule has 0 saturated heterocycles. The molecule has 0 unspecified atom stereocenters. The third-order valence-electron chi connectivity index (χ3n) is 2.48. The molecular formula is C11H24N2O6S. The van der Waals surface area contributed by atoms with Crippen molar-refractivity contribution in [1.29, 1.82) is 0 Å². The van der Waals surface area contributed by atoms with Crippen LogP contribution in [0.2, 0.25) is 0 Å². The second kappa shape index (κ2) is 11.0. The molecule has 0 spiro atoms. The van der Waals surface area contributed by atoms with Crippen molar-refractivity contribution in [2.45, 2.75) is 19.3 Å². The van der Waals surface area contributed by atoms with E-state index in [4.69, 9.17) is 14.6 Å². The van der Waals surface area contributed by atoms with Gasteiger partial charge in [-0.25, -0.2) is 4.72 Å². The standard InChI is InChI=1S/C11H24N2O6S/c1-13(7-5-11(14)15)20(16,17)12-6-3-4-8-19-10-9-18-2/h12H,3-10H2,1-2H3,(H,14,15). The second-order valence-corrected chi connectivity index (χ2v) is 6.04. The van der Waals surface area contributed by atoms with Gasteiger partial charge in [0.1, 0.15) is 0 Å². The lowest BCUT2D eigenvalue weighted by molar-refractivity contribution is -0.137. The third-order valence-corrected chi connectivity index (χ3v) is 4.05. The molecule has 20 heavy (non-hydrogen) atoms. The predicted molar refractivity (Wildman–Crippen MR) is 73.7 cm³/mol. The van der Waals surface area contributed by atoms with E-state index in [1.54, 1.807) is 7.11 Å². The Kier molecular flexibility index (Phi) is 10.6. The lowest BCUT2D eigenvalue weighted by Crippen LogP contribution is -2.39. The molecule has 0 rings (SSSR count). The van der Waals surface area contributed by atoms with E-state index in [2.05, 4.69) is 4.72 Å². The topological polar surface area (TPSA) is 105 Å². The second-order valence-electron chi connectivity index (χ2n) is 4.18. The van der Waals surface area contributed by atoms with Crippen LogP contribution in [0.1, 0.15) is 19.3 Å². The normalized spacial score (nSPS) is 11.9. The average molecular weight is 312 g/mol. The lowest BCUT2D eigenvalue weighted by atomic mass is 10.3. The molecule has 0 aromatic heterocycles. The molecule has 8 nitrogen and oxygen atoms in total. The van der Waals surface area contributed by atoms with Crippen molar-refractivity contribution in [2.24, 2.45) is 0 Å². The van der Waals surface area contributed by atoms with E-state index in [0.717, 1.165) is 10.7 Å². The van der Waals surface area contributed by atoms with Crippen molar-refractivity contribution in [3.05, 3.63) is 0 Å². The largest absolute Gasteiger partial charge is 0.481 e. The number of hydrogen-bond acceptors (Lipinski definition) is 5. The van der Waals surface area contributed by atoms with Gasteiger partial charge in [0, 0.05) is 33.9 Å². The molecule has 0 atom stereocenters. The molecule has 0 aliphatic rings. The molecule has 0 aliphatic carbocycles. The number of methoxy groups -OCH3 is 1. The summed E-state index contributed by atoms with van der Waals surface area (Å²) < 4.78 is 36.8. The van der Waals surface area contributed by atoms with E-state index in [1.165, 1.54) is 7.05 Å². The summed E-state index contributed by atoms with van der Waals surface area (Å²) in [4.78, 5) is 10.4. The van der Waals surface area contributed by atoms with E-state index in [9.17, 15) is 13.2 Å². The van der Waals surface area contributed by atoms with Gasteiger partial charge in [-0.05, 0) is 12.8 Å². The number of nitrogens with zero attached hydrogens (tertiary/aromatic N) is 1. The molecule has 120 valence electrons. The third kappa shape index (κ3) is 10.1. The van der Waals surface area contributed by atoms with Crippen molar-refractivity contribution in [3.63, 3.8) is 0 Å². The van der Waals surface area contributed by atoms with Crippen LogP contribution in [0.25, 0.3) is 0 Å². The Labute approximate surface area is 120 Å². The zero-order valence-corrected chi connectivity index (χ0v) is 12.8. The van der Waals surface area contributed by atoms with E-state index < -0.39 is 16.2 Å². The Hall–Kier alpha value is -0.740. The van der Waals surface area contributed by atoms with Crippen molar-refractivity contribution >= 4 is 16.2 Å². The van der Waals surface area contributed by atoms with Gasteiger partial charge in [0.25, 0.3) is 10.2 Å². The van der Waals surface area contributed by atoms with Crippen LogP contribution < -0.4 is 4.72 Å². The van der Waals surface area contributed by atoms with Crippen LogP contribution in [-0.2, 0) is 24.5 Å². The van der Waals surface area contributed by atoms with Gasteiger partial charge >= 0.3 is 5.97 Å². The summed E-state index contributed by atoms with van der Waals surface area (Å²) in [7, 11) is -0.656. The summed E-state index contributed by atoms with van der Waals surface area (Å²) in [6, 6.07) is 0. The predicted octanol–water partition coefficient (Wildman–Crippen LogP) is -0.329. The summed E-state index contributed by atoms with van der Waals surface area (Å²) >= 11 is 0. The first kappa shape index (κ1) is 19.3. The molecule has 0 bridgehead atoms. The first-order chi connectivity index (χ1) is 9.40. The highest BCUT2D eigenvalue weighted by atomic mass is 32.2. The zero-order valence-electron chi connectivity index (χ0n) is 12.0. The maximum atomic E-state index is 11.7. The highest BCUT2D eigenvalue weighted by molar-refractivity contribution is 7.87. The first-order valence-electron chi connectivity index (χ1n) is 6.39. The highest BCUT2D eigenvalue weighted by Crippen LogP contribution is 1.97. The van der Waals surface area contributed by atoms with Gasteiger partial charge in [0.05, 0.1) is 19.6 Å². The van der Waals surface area contributed by atoms with Gasteiger partial charge in [0.2, 0.25) is 0 Å². The Balaban J connectivity index is 3.69. The molecule has 0 aromatic rings. The van der Waals surface area contributed by atoms with Gasteiger partial charge in [-0.3, -0.25) is 4.79 Å². The summed E-state index contributed by atoms with van der Waals surface area (Å²) in [5.41, 5.74) is 0. The van der Waals surface area contributed by atoms with Crippen LogP contribution in [0.3, 0.4) is 0 Å². The Morgan fingerprint density at radius 1 is 1.25 bits per heavy atom. The Morgan fingerprint density at radius 2 is 1.95 bits per heavy atom. The monoisotopic (exact) mass is 312 g/mol. The Morgan fingerprint density at radius 3 is 2.55 bits per heavy atom. The molecule has 0 fully saturated rings. The Bertz CT molecular complexity index is 360.